The van der Waals surface area contributed by atoms with Gasteiger partial charge in [-0.3, -0.25) is 0 Å². The number of fused-ring (bicyclic) bond motifs is 26. The highest BCUT2D eigenvalue weighted by atomic mass is 32.1. The van der Waals surface area contributed by atoms with Crippen LogP contribution in [-0.4, -0.2) is 17.9 Å². The first kappa shape index (κ1) is 35.2. The topological polar surface area (TPSA) is 18.7 Å². The van der Waals surface area contributed by atoms with Crippen LogP contribution in [-0.2, 0) is 0 Å². The van der Waals surface area contributed by atoms with Gasteiger partial charge in [0.25, 0.3) is 0 Å². The fraction of sp³-hybridized carbons (Fsp3) is 0. The molecule has 0 atom stereocenters. The molecule has 8 aromatic heterocycles. The molecule has 19 aromatic rings. The quantitative estimate of drug-likeness (QED) is 0.164. The summed E-state index contributed by atoms with van der Waals surface area (Å²) in [6, 6.07) is 71.8. The van der Waals surface area contributed by atoms with E-state index in [4.69, 9.17) is 0 Å². The van der Waals surface area contributed by atoms with Gasteiger partial charge < -0.3 is 17.9 Å². The minimum Gasteiger partial charge on any atom is -0.309 e. The van der Waals surface area contributed by atoms with E-state index >= 15 is 0 Å². The van der Waals surface area contributed by atoms with Crippen LogP contribution in [0.1, 0.15) is 2.74 Å². The maximum Gasteiger partial charge on any atom is 0.0653 e. The lowest BCUT2D eigenvalue weighted by Gasteiger charge is -2.10. The molecular weight excluding hydrogens is 913 g/mol. The average Bonchev–Trinajstić information content (AvgIpc) is 4.34. The Morgan fingerprint density at radius 1 is 0.264 bits per heavy atom. The molecule has 0 aliphatic heterocycles. The SMILES string of the molecule is [2H]c1c2c3cc(-n4c5ccccc5c5ccccc54)cc4c5c6c(ccc5n(c2c([2H])c2c5cc(-n7c8ccccc8c8ccccc87)cc7c8c9c(ccc8n(c12)c57)sc1ccccc19)c34)sc1ccccc16. The molecular formula is C66H34N4S2. The molecule has 0 fully saturated rings. The van der Waals surface area contributed by atoms with Crippen molar-refractivity contribution in [3.8, 4) is 11.4 Å². The Bertz CT molecular complexity index is 5320. The molecule has 4 nitrogen and oxygen atoms in total. The van der Waals surface area contributed by atoms with Crippen LogP contribution in [0.3, 0.4) is 0 Å². The van der Waals surface area contributed by atoms with Crippen LogP contribution < -0.4 is 0 Å². The molecule has 0 aliphatic carbocycles. The van der Waals surface area contributed by atoms with Crippen LogP contribution in [0.25, 0.3) is 172 Å². The molecule has 0 spiro atoms. The first-order valence-corrected chi connectivity index (χ1v) is 26.2. The second kappa shape index (κ2) is 12.7. The summed E-state index contributed by atoms with van der Waals surface area (Å²) >= 11 is 3.68. The van der Waals surface area contributed by atoms with E-state index in [-0.39, 0.29) is 0 Å². The summed E-state index contributed by atoms with van der Waals surface area (Å²) in [6.45, 7) is 0. The van der Waals surface area contributed by atoms with Gasteiger partial charge in [0.1, 0.15) is 0 Å². The molecule has 0 N–H and O–H groups in total. The molecule has 11 aromatic carbocycles. The van der Waals surface area contributed by atoms with Crippen molar-refractivity contribution in [2.45, 2.75) is 0 Å². The zero-order valence-electron chi connectivity index (χ0n) is 40.1. The second-order valence-corrected chi connectivity index (χ2v) is 21.9. The lowest BCUT2D eigenvalue weighted by molar-refractivity contribution is 1.19. The Balaban J connectivity index is 1.06. The van der Waals surface area contributed by atoms with Crippen molar-refractivity contribution in [3.63, 3.8) is 0 Å². The van der Waals surface area contributed by atoms with Crippen LogP contribution in [0.4, 0.5) is 0 Å². The Labute approximate surface area is 418 Å². The number of para-hydroxylation sites is 4. The average molecular weight is 949 g/mol. The van der Waals surface area contributed by atoms with Gasteiger partial charge in [-0.2, -0.15) is 0 Å². The highest BCUT2D eigenvalue weighted by Crippen LogP contribution is 2.51. The van der Waals surface area contributed by atoms with Crippen LogP contribution in [0.15, 0.2) is 206 Å². The molecule has 8 heterocycles. The van der Waals surface area contributed by atoms with Gasteiger partial charge in [-0.25, -0.2) is 0 Å². The normalized spacial score (nSPS) is 13.4. The van der Waals surface area contributed by atoms with E-state index in [0.717, 1.165) is 98.9 Å². The van der Waals surface area contributed by atoms with Gasteiger partial charge in [0.2, 0.25) is 0 Å². The zero-order valence-corrected chi connectivity index (χ0v) is 39.7. The number of hydrogen-bond acceptors (Lipinski definition) is 2. The fourth-order valence-electron chi connectivity index (χ4n) is 13.6. The third-order valence-electron chi connectivity index (χ3n) is 16.3. The molecule has 330 valence electrons. The summed E-state index contributed by atoms with van der Waals surface area (Å²) in [4.78, 5) is 0. The summed E-state index contributed by atoms with van der Waals surface area (Å²) in [6.07, 6.45) is 0. The summed E-state index contributed by atoms with van der Waals surface area (Å²) in [5.41, 5.74) is 12.4. The van der Waals surface area contributed by atoms with E-state index < -0.39 is 0 Å². The van der Waals surface area contributed by atoms with E-state index in [1.807, 2.05) is 22.7 Å². The highest BCUT2D eigenvalue weighted by molar-refractivity contribution is 7.26. The number of benzene rings is 11. The molecule has 0 unspecified atom stereocenters. The van der Waals surface area contributed by atoms with Crippen molar-refractivity contribution in [1.29, 1.82) is 0 Å². The first-order valence-electron chi connectivity index (χ1n) is 25.6. The standard InChI is InChI=1S/C66H34N4S2/c1-7-19-49-37(13-1)38-14-2-8-20-50(38)67(49)35-29-45-43-33-56-44(34-55(43)69-53-25-27-59-63(61(53)47(31-35)65(45)69)41-17-5-11-23-57(41)71-59)46-30-36(68-51-21-9-3-15-39(51)40-16-4-10-22-52(40)68)32-48-62-54(70(56)66(46)48)26-28-60-64(62)42-18-6-12-24-58(42)72-60/h1-34H/i33D,34D. The Morgan fingerprint density at radius 3 is 1.01 bits per heavy atom. The van der Waals surface area contributed by atoms with E-state index in [0.29, 0.717) is 12.1 Å². The summed E-state index contributed by atoms with van der Waals surface area (Å²) in [5.74, 6) is 0. The third-order valence-corrected chi connectivity index (χ3v) is 18.6. The minimum atomic E-state index is 0.439. The van der Waals surface area contributed by atoms with E-state index in [9.17, 15) is 2.74 Å². The van der Waals surface area contributed by atoms with Gasteiger partial charge >= 0.3 is 0 Å². The van der Waals surface area contributed by atoms with Crippen LogP contribution in [0, 0.1) is 0 Å². The Kier molecular flexibility index (Phi) is 6.20. The van der Waals surface area contributed by atoms with Gasteiger partial charge in [0.15, 0.2) is 0 Å². The molecule has 0 bridgehead atoms. The monoisotopic (exact) mass is 948 g/mol. The van der Waals surface area contributed by atoms with Crippen molar-refractivity contribution < 1.29 is 2.74 Å². The van der Waals surface area contributed by atoms with Gasteiger partial charge in [-0.1, -0.05) is 109 Å². The first-order chi connectivity index (χ1) is 36.6. The zero-order chi connectivity index (χ0) is 48.0. The highest BCUT2D eigenvalue weighted by Gasteiger charge is 2.28. The molecule has 19 rings (SSSR count). The lowest BCUT2D eigenvalue weighted by atomic mass is 10.0. The molecule has 6 heteroatoms. The van der Waals surface area contributed by atoms with E-state index in [2.05, 4.69) is 212 Å². The molecule has 0 saturated heterocycles. The predicted octanol–water partition coefficient (Wildman–Crippen LogP) is 18.9. The van der Waals surface area contributed by atoms with Crippen molar-refractivity contribution >= 4 is 183 Å². The van der Waals surface area contributed by atoms with Crippen molar-refractivity contribution in [1.82, 2.24) is 17.9 Å². The summed E-state index contributed by atoms with van der Waals surface area (Å²) in [7, 11) is 0. The Hall–Kier alpha value is -8.94. The van der Waals surface area contributed by atoms with Gasteiger partial charge in [0.05, 0.1) is 57.9 Å². The minimum absolute atomic E-state index is 0.439. The van der Waals surface area contributed by atoms with Crippen molar-refractivity contribution in [2.75, 3.05) is 0 Å². The van der Waals surface area contributed by atoms with Gasteiger partial charge in [-0.15, -0.1) is 22.7 Å². The van der Waals surface area contributed by atoms with E-state index in [1.165, 1.54) is 72.7 Å². The number of thiophene rings is 2. The van der Waals surface area contributed by atoms with Gasteiger partial charge in [-0.05, 0) is 97.0 Å². The van der Waals surface area contributed by atoms with Gasteiger partial charge in [0, 0.05) is 116 Å². The molecule has 0 amide bonds. The van der Waals surface area contributed by atoms with Crippen LogP contribution in [0.5, 0.6) is 0 Å². The lowest BCUT2D eigenvalue weighted by Crippen LogP contribution is -1.93. The summed E-state index contributed by atoms with van der Waals surface area (Å²) < 4.78 is 36.4. The Morgan fingerprint density at radius 2 is 0.611 bits per heavy atom. The second-order valence-electron chi connectivity index (χ2n) is 19.7. The maximum atomic E-state index is 10.9. The third kappa shape index (κ3) is 4.27. The molecule has 0 saturated carbocycles. The van der Waals surface area contributed by atoms with Crippen molar-refractivity contribution in [3.05, 3.63) is 206 Å². The fourth-order valence-corrected chi connectivity index (χ4v) is 15.8. The molecule has 0 radical (unpaired) electrons. The number of hydrogen-bond donors (Lipinski definition) is 0. The molecule has 0 aliphatic rings. The number of aromatic nitrogens is 4. The number of nitrogens with zero attached hydrogens (tertiary/aromatic N) is 4. The summed E-state index contributed by atoms with van der Waals surface area (Å²) in [5, 5.41) is 18.0. The maximum absolute atomic E-state index is 10.9. The van der Waals surface area contributed by atoms with Crippen LogP contribution >= 0.6 is 22.7 Å². The van der Waals surface area contributed by atoms with E-state index in [1.54, 1.807) is 0 Å². The van der Waals surface area contributed by atoms with Crippen molar-refractivity contribution in [2.24, 2.45) is 0 Å². The number of rotatable bonds is 2. The van der Waals surface area contributed by atoms with Crippen LogP contribution in [0.2, 0.25) is 0 Å². The predicted molar refractivity (Wildman–Crippen MR) is 310 cm³/mol. The molecule has 72 heavy (non-hydrogen) atoms. The largest absolute Gasteiger partial charge is 0.309 e. The smallest absolute Gasteiger partial charge is 0.0653 e.